The summed E-state index contributed by atoms with van der Waals surface area (Å²) in [6, 6.07) is 18.7. The molecule has 0 fully saturated rings. The van der Waals surface area contributed by atoms with E-state index in [4.69, 9.17) is 9.47 Å². The number of rotatable bonds is 9. The molecule has 0 saturated heterocycles. The molecule has 1 N–H and O–H groups in total. The van der Waals surface area contributed by atoms with E-state index in [0.29, 0.717) is 17.2 Å². The minimum atomic E-state index is -4.05. The number of nitrogens with one attached hydrogen (secondary N) is 1. The Labute approximate surface area is 201 Å². The molecule has 0 aliphatic rings. The van der Waals surface area contributed by atoms with Crippen molar-refractivity contribution < 1.29 is 22.7 Å². The van der Waals surface area contributed by atoms with Gasteiger partial charge in [0.1, 0.15) is 18.0 Å². The van der Waals surface area contributed by atoms with E-state index in [1.54, 1.807) is 31.4 Å². The number of carbonyl (C=O) groups excluding carboxylic acids is 1. The van der Waals surface area contributed by atoms with E-state index in [2.05, 4.69) is 5.32 Å². The van der Waals surface area contributed by atoms with E-state index in [9.17, 15) is 13.2 Å². The quantitative estimate of drug-likeness (QED) is 0.489. The summed E-state index contributed by atoms with van der Waals surface area (Å²) in [6.45, 7) is 5.17. The van der Waals surface area contributed by atoms with Gasteiger partial charge in [0.15, 0.2) is 0 Å². The molecule has 8 heteroatoms. The van der Waals surface area contributed by atoms with Gasteiger partial charge in [0, 0.05) is 0 Å². The maximum atomic E-state index is 13.7. The lowest BCUT2D eigenvalue weighted by Crippen LogP contribution is -2.41. The Morgan fingerprint density at radius 1 is 0.912 bits per heavy atom. The number of aryl methyl sites for hydroxylation is 2. The summed E-state index contributed by atoms with van der Waals surface area (Å²) in [7, 11) is -0.994. The van der Waals surface area contributed by atoms with Crippen molar-refractivity contribution in [1.29, 1.82) is 0 Å². The maximum Gasteiger partial charge on any atom is 0.264 e. The van der Waals surface area contributed by atoms with Crippen molar-refractivity contribution in [3.63, 3.8) is 0 Å². The van der Waals surface area contributed by atoms with Gasteiger partial charge in [0.05, 0.1) is 30.8 Å². The molecule has 0 unspecified atom stereocenters. The topological polar surface area (TPSA) is 84.9 Å². The van der Waals surface area contributed by atoms with Crippen LogP contribution in [-0.4, -0.2) is 35.1 Å². The SMILES string of the molecule is COc1ccc([C@@H](C)NC(=O)CN(c2cc(C)ccc2OC)S(=O)(=O)c2ccc(C)cc2)cc1. The summed E-state index contributed by atoms with van der Waals surface area (Å²) in [5, 5.41) is 2.89. The van der Waals surface area contributed by atoms with Gasteiger partial charge in [-0.1, -0.05) is 35.9 Å². The van der Waals surface area contributed by atoms with Crippen molar-refractivity contribution in [2.75, 3.05) is 25.1 Å². The summed E-state index contributed by atoms with van der Waals surface area (Å²) in [4.78, 5) is 13.2. The van der Waals surface area contributed by atoms with Gasteiger partial charge in [-0.3, -0.25) is 9.10 Å². The van der Waals surface area contributed by atoms with Crippen LogP contribution in [0.2, 0.25) is 0 Å². The molecule has 0 aromatic heterocycles. The lowest BCUT2D eigenvalue weighted by Gasteiger charge is -2.27. The summed E-state index contributed by atoms with van der Waals surface area (Å²) in [5.74, 6) is 0.629. The van der Waals surface area contributed by atoms with Crippen LogP contribution in [0.1, 0.15) is 29.7 Å². The van der Waals surface area contributed by atoms with Gasteiger partial charge >= 0.3 is 0 Å². The first-order chi connectivity index (χ1) is 16.1. The number of methoxy groups -OCH3 is 2. The molecule has 3 aromatic rings. The molecule has 0 saturated carbocycles. The van der Waals surface area contributed by atoms with Crippen LogP contribution < -0.4 is 19.1 Å². The molecule has 7 nitrogen and oxygen atoms in total. The second-order valence-electron chi connectivity index (χ2n) is 8.06. The molecule has 0 aliphatic carbocycles. The molecule has 1 amide bonds. The van der Waals surface area contributed by atoms with Crippen LogP contribution in [0, 0.1) is 13.8 Å². The van der Waals surface area contributed by atoms with Gasteiger partial charge in [-0.25, -0.2) is 8.42 Å². The minimum absolute atomic E-state index is 0.0951. The summed E-state index contributed by atoms with van der Waals surface area (Å²) < 4.78 is 39.0. The molecule has 3 aromatic carbocycles. The predicted octanol–water partition coefficient (Wildman–Crippen LogP) is 4.39. The van der Waals surface area contributed by atoms with Gasteiger partial charge < -0.3 is 14.8 Å². The molecule has 1 atom stereocenters. The van der Waals surface area contributed by atoms with Crippen LogP contribution in [-0.2, 0) is 14.8 Å². The number of sulfonamides is 1. The molecule has 0 spiro atoms. The highest BCUT2D eigenvalue weighted by Crippen LogP contribution is 2.33. The van der Waals surface area contributed by atoms with E-state index in [1.165, 1.54) is 19.2 Å². The summed E-state index contributed by atoms with van der Waals surface area (Å²) in [6.07, 6.45) is 0. The molecular formula is C26H30N2O5S. The van der Waals surface area contributed by atoms with Gasteiger partial charge in [-0.15, -0.1) is 0 Å². The molecule has 180 valence electrons. The minimum Gasteiger partial charge on any atom is -0.497 e. The zero-order valence-electron chi connectivity index (χ0n) is 20.0. The second kappa shape index (κ2) is 10.6. The third-order valence-corrected chi connectivity index (χ3v) is 7.27. The highest BCUT2D eigenvalue weighted by Gasteiger charge is 2.30. The number of hydrogen-bond acceptors (Lipinski definition) is 5. The predicted molar refractivity (Wildman–Crippen MR) is 133 cm³/mol. The lowest BCUT2D eigenvalue weighted by molar-refractivity contribution is -0.120. The zero-order chi connectivity index (χ0) is 24.9. The molecule has 0 heterocycles. The third-order valence-electron chi connectivity index (χ3n) is 5.49. The highest BCUT2D eigenvalue weighted by atomic mass is 32.2. The van der Waals surface area contributed by atoms with Crippen molar-refractivity contribution in [2.24, 2.45) is 0 Å². The van der Waals surface area contributed by atoms with E-state index < -0.39 is 22.5 Å². The smallest absolute Gasteiger partial charge is 0.264 e. The lowest BCUT2D eigenvalue weighted by atomic mass is 10.1. The third kappa shape index (κ3) is 5.69. The fraction of sp³-hybridized carbons (Fsp3) is 0.269. The second-order valence-corrected chi connectivity index (χ2v) is 9.92. The van der Waals surface area contributed by atoms with Gasteiger partial charge in [-0.2, -0.15) is 0 Å². The Balaban J connectivity index is 1.94. The van der Waals surface area contributed by atoms with Crippen molar-refractivity contribution in [2.45, 2.75) is 31.7 Å². The number of benzene rings is 3. The Hall–Kier alpha value is -3.52. The van der Waals surface area contributed by atoms with Crippen molar-refractivity contribution in [1.82, 2.24) is 5.32 Å². The van der Waals surface area contributed by atoms with Crippen LogP contribution in [0.4, 0.5) is 5.69 Å². The zero-order valence-corrected chi connectivity index (χ0v) is 20.8. The first kappa shape index (κ1) is 25.1. The molecule has 3 rings (SSSR count). The van der Waals surface area contributed by atoms with Crippen LogP contribution in [0.25, 0.3) is 0 Å². The molecule has 0 aliphatic heterocycles. The normalized spacial score (nSPS) is 12.0. The van der Waals surface area contributed by atoms with E-state index in [1.807, 2.05) is 51.1 Å². The van der Waals surface area contributed by atoms with Gasteiger partial charge in [0.25, 0.3) is 10.0 Å². The number of hydrogen-bond donors (Lipinski definition) is 1. The number of nitrogens with zero attached hydrogens (tertiary/aromatic N) is 1. The maximum absolute atomic E-state index is 13.7. The van der Waals surface area contributed by atoms with Crippen LogP contribution in [0.15, 0.2) is 71.6 Å². The number of amides is 1. The van der Waals surface area contributed by atoms with E-state index in [-0.39, 0.29) is 10.9 Å². The average molecular weight is 483 g/mol. The fourth-order valence-corrected chi connectivity index (χ4v) is 4.95. The summed E-state index contributed by atoms with van der Waals surface area (Å²) in [5.41, 5.74) is 2.95. The van der Waals surface area contributed by atoms with Crippen molar-refractivity contribution in [3.8, 4) is 11.5 Å². The number of ether oxygens (including phenoxy) is 2. The molecule has 34 heavy (non-hydrogen) atoms. The standard InChI is InChI=1S/C26H30N2O5S/c1-18-6-13-23(14-7-18)34(30,31)28(24-16-19(2)8-15-25(24)33-5)17-26(29)27-20(3)21-9-11-22(32-4)12-10-21/h6-16,20H,17H2,1-5H3,(H,27,29)/t20-/m1/s1. The van der Waals surface area contributed by atoms with Gasteiger partial charge in [0.2, 0.25) is 5.91 Å². The first-order valence-electron chi connectivity index (χ1n) is 10.8. The fourth-order valence-electron chi connectivity index (χ4n) is 3.53. The highest BCUT2D eigenvalue weighted by molar-refractivity contribution is 7.92. The van der Waals surface area contributed by atoms with E-state index >= 15 is 0 Å². The Morgan fingerprint density at radius 3 is 2.12 bits per heavy atom. The average Bonchev–Trinajstić information content (AvgIpc) is 2.82. The largest absolute Gasteiger partial charge is 0.497 e. The van der Waals surface area contributed by atoms with Crippen LogP contribution in [0.3, 0.4) is 0 Å². The summed E-state index contributed by atoms with van der Waals surface area (Å²) >= 11 is 0. The van der Waals surface area contributed by atoms with Crippen molar-refractivity contribution in [3.05, 3.63) is 83.4 Å². The van der Waals surface area contributed by atoms with Crippen molar-refractivity contribution >= 4 is 21.6 Å². The number of carbonyl (C=O) groups is 1. The van der Waals surface area contributed by atoms with Crippen LogP contribution >= 0.6 is 0 Å². The number of anilines is 1. The first-order valence-corrected chi connectivity index (χ1v) is 12.3. The monoisotopic (exact) mass is 482 g/mol. The Morgan fingerprint density at radius 2 is 1.53 bits per heavy atom. The van der Waals surface area contributed by atoms with E-state index in [0.717, 1.165) is 21.0 Å². The molecule has 0 bridgehead atoms. The van der Waals surface area contributed by atoms with Crippen LogP contribution in [0.5, 0.6) is 11.5 Å². The van der Waals surface area contributed by atoms with Gasteiger partial charge in [-0.05, 0) is 68.3 Å². The Bertz CT molecular complexity index is 1240. The Kier molecular flexibility index (Phi) is 7.83. The molecular weight excluding hydrogens is 452 g/mol. The molecule has 0 radical (unpaired) electrons.